The zero-order valence-electron chi connectivity index (χ0n) is 11.4. The van der Waals surface area contributed by atoms with E-state index in [1.165, 1.54) is 22.3 Å². The molecule has 0 radical (unpaired) electrons. The number of carbonyl (C=O) groups excluding carboxylic acids is 1. The average Bonchev–Trinajstić information content (AvgIpc) is 2.35. The Bertz CT molecular complexity index is 569. The van der Waals surface area contributed by atoms with Crippen LogP contribution in [0.15, 0.2) is 36.4 Å². The highest BCUT2D eigenvalue weighted by atomic mass is 16.1. The van der Waals surface area contributed by atoms with Crippen molar-refractivity contribution < 1.29 is 4.79 Å². The highest BCUT2D eigenvalue weighted by molar-refractivity contribution is 6.09. The Morgan fingerprint density at radius 2 is 1.28 bits per heavy atom. The normalized spacial score (nSPS) is 10.4. The van der Waals surface area contributed by atoms with E-state index in [1.807, 2.05) is 57.2 Å². The van der Waals surface area contributed by atoms with E-state index >= 15 is 0 Å². The predicted octanol–water partition coefficient (Wildman–Crippen LogP) is 4.15. The summed E-state index contributed by atoms with van der Waals surface area (Å²) in [7, 11) is 0. The van der Waals surface area contributed by atoms with Crippen LogP contribution in [0, 0.1) is 27.7 Å². The van der Waals surface area contributed by atoms with Gasteiger partial charge in [0.2, 0.25) is 0 Å². The third-order valence-electron chi connectivity index (χ3n) is 3.50. The summed E-state index contributed by atoms with van der Waals surface area (Å²) in [6, 6.07) is 11.7. The van der Waals surface area contributed by atoms with Gasteiger partial charge in [-0.25, -0.2) is 0 Å². The van der Waals surface area contributed by atoms with E-state index in [2.05, 4.69) is 6.92 Å². The fourth-order valence-electron chi connectivity index (χ4n) is 2.04. The average molecular weight is 238 g/mol. The maximum absolute atomic E-state index is 12.4. The molecule has 0 aromatic heterocycles. The maximum Gasteiger partial charge on any atom is 0.193 e. The zero-order valence-corrected chi connectivity index (χ0v) is 11.4. The molecule has 18 heavy (non-hydrogen) atoms. The van der Waals surface area contributed by atoms with Crippen LogP contribution in [-0.2, 0) is 0 Å². The lowest BCUT2D eigenvalue weighted by Crippen LogP contribution is -2.03. The molecule has 0 amide bonds. The highest BCUT2D eigenvalue weighted by Gasteiger charge is 2.11. The smallest absolute Gasteiger partial charge is 0.193 e. The Labute approximate surface area is 108 Å². The van der Waals surface area contributed by atoms with Gasteiger partial charge in [0.05, 0.1) is 0 Å². The second-order valence-electron chi connectivity index (χ2n) is 4.93. The number of benzene rings is 2. The quantitative estimate of drug-likeness (QED) is 0.718. The van der Waals surface area contributed by atoms with Crippen LogP contribution in [-0.4, -0.2) is 5.78 Å². The van der Waals surface area contributed by atoms with Crippen molar-refractivity contribution in [3.63, 3.8) is 0 Å². The van der Waals surface area contributed by atoms with E-state index < -0.39 is 0 Å². The van der Waals surface area contributed by atoms with Crippen molar-refractivity contribution in [3.05, 3.63) is 69.8 Å². The fourth-order valence-corrected chi connectivity index (χ4v) is 2.04. The molecule has 0 spiro atoms. The van der Waals surface area contributed by atoms with E-state index in [9.17, 15) is 4.79 Å². The number of carbonyl (C=O) groups is 1. The van der Waals surface area contributed by atoms with Gasteiger partial charge in [0.1, 0.15) is 0 Å². The van der Waals surface area contributed by atoms with Crippen molar-refractivity contribution in [2.45, 2.75) is 27.7 Å². The second-order valence-corrected chi connectivity index (χ2v) is 4.93. The Hall–Kier alpha value is -1.89. The summed E-state index contributed by atoms with van der Waals surface area (Å²) in [4.78, 5) is 12.4. The molecule has 0 aliphatic rings. The van der Waals surface area contributed by atoms with Crippen LogP contribution in [0.3, 0.4) is 0 Å². The molecule has 2 aromatic carbocycles. The van der Waals surface area contributed by atoms with E-state index in [1.54, 1.807) is 0 Å². The van der Waals surface area contributed by atoms with Crippen molar-refractivity contribution in [2.75, 3.05) is 0 Å². The van der Waals surface area contributed by atoms with Crippen LogP contribution >= 0.6 is 0 Å². The van der Waals surface area contributed by atoms with Gasteiger partial charge in [-0.3, -0.25) is 4.79 Å². The molecule has 0 saturated carbocycles. The third-order valence-corrected chi connectivity index (χ3v) is 3.50. The van der Waals surface area contributed by atoms with E-state index in [-0.39, 0.29) is 5.78 Å². The number of hydrogen-bond acceptors (Lipinski definition) is 1. The van der Waals surface area contributed by atoms with E-state index in [0.29, 0.717) is 0 Å². The van der Waals surface area contributed by atoms with Gasteiger partial charge in [-0.15, -0.1) is 0 Å². The van der Waals surface area contributed by atoms with Gasteiger partial charge >= 0.3 is 0 Å². The summed E-state index contributed by atoms with van der Waals surface area (Å²) in [5.74, 6) is 0.0983. The largest absolute Gasteiger partial charge is 0.289 e. The van der Waals surface area contributed by atoms with Crippen molar-refractivity contribution in [1.29, 1.82) is 0 Å². The lowest BCUT2D eigenvalue weighted by atomic mass is 9.95. The van der Waals surface area contributed by atoms with Crippen molar-refractivity contribution >= 4 is 5.78 Å². The lowest BCUT2D eigenvalue weighted by Gasteiger charge is -2.08. The molecule has 1 nitrogen and oxygen atoms in total. The van der Waals surface area contributed by atoms with E-state index in [0.717, 1.165) is 11.1 Å². The first kappa shape index (κ1) is 12.6. The SMILES string of the molecule is Cc1ccc(C(=O)c2cc(C)c(C)c(C)c2)cc1. The molecular weight excluding hydrogens is 220 g/mol. The minimum Gasteiger partial charge on any atom is -0.289 e. The van der Waals surface area contributed by atoms with Gasteiger partial charge in [-0.05, 0) is 56.5 Å². The summed E-state index contributed by atoms with van der Waals surface area (Å²) in [6.07, 6.45) is 0. The van der Waals surface area contributed by atoms with Crippen LogP contribution in [0.5, 0.6) is 0 Å². The van der Waals surface area contributed by atoms with Crippen LogP contribution in [0.4, 0.5) is 0 Å². The molecule has 0 atom stereocenters. The zero-order chi connectivity index (χ0) is 13.3. The monoisotopic (exact) mass is 238 g/mol. The predicted molar refractivity (Wildman–Crippen MR) is 75.3 cm³/mol. The van der Waals surface area contributed by atoms with Gasteiger partial charge in [0.25, 0.3) is 0 Å². The van der Waals surface area contributed by atoms with Crippen LogP contribution < -0.4 is 0 Å². The lowest BCUT2D eigenvalue weighted by molar-refractivity contribution is 0.103. The third kappa shape index (κ3) is 2.35. The molecule has 0 bridgehead atoms. The minimum absolute atomic E-state index is 0.0983. The van der Waals surface area contributed by atoms with Crippen molar-refractivity contribution in [2.24, 2.45) is 0 Å². The Kier molecular flexibility index (Phi) is 3.33. The molecule has 2 aromatic rings. The number of aryl methyl sites for hydroxylation is 3. The summed E-state index contributed by atoms with van der Waals surface area (Å²) in [6.45, 7) is 8.21. The number of hydrogen-bond donors (Lipinski definition) is 0. The first-order valence-electron chi connectivity index (χ1n) is 6.18. The first-order chi connectivity index (χ1) is 8.49. The van der Waals surface area contributed by atoms with Gasteiger partial charge in [-0.2, -0.15) is 0 Å². The second kappa shape index (κ2) is 4.77. The molecule has 2 rings (SSSR count). The summed E-state index contributed by atoms with van der Waals surface area (Å²) < 4.78 is 0. The molecule has 0 heterocycles. The molecule has 0 fully saturated rings. The van der Waals surface area contributed by atoms with Crippen LogP contribution in [0.2, 0.25) is 0 Å². The maximum atomic E-state index is 12.4. The topological polar surface area (TPSA) is 17.1 Å². The molecule has 0 N–H and O–H groups in total. The molecule has 0 unspecified atom stereocenters. The highest BCUT2D eigenvalue weighted by Crippen LogP contribution is 2.18. The summed E-state index contributed by atoms with van der Waals surface area (Å²) in [5, 5.41) is 0. The minimum atomic E-state index is 0.0983. The number of ketones is 1. The fraction of sp³-hybridized carbons (Fsp3) is 0.235. The van der Waals surface area contributed by atoms with Crippen molar-refractivity contribution in [3.8, 4) is 0 Å². The van der Waals surface area contributed by atoms with Gasteiger partial charge in [0, 0.05) is 11.1 Å². The molecular formula is C17H18O. The number of rotatable bonds is 2. The van der Waals surface area contributed by atoms with Crippen LogP contribution in [0.1, 0.15) is 38.2 Å². The Morgan fingerprint density at radius 1 is 0.778 bits per heavy atom. The molecule has 0 saturated heterocycles. The Morgan fingerprint density at radius 3 is 1.78 bits per heavy atom. The van der Waals surface area contributed by atoms with Gasteiger partial charge in [0.15, 0.2) is 5.78 Å². The van der Waals surface area contributed by atoms with Crippen LogP contribution in [0.25, 0.3) is 0 Å². The molecule has 92 valence electrons. The summed E-state index contributed by atoms with van der Waals surface area (Å²) in [5.41, 5.74) is 6.30. The Balaban J connectivity index is 2.43. The van der Waals surface area contributed by atoms with Gasteiger partial charge < -0.3 is 0 Å². The standard InChI is InChI=1S/C17H18O/c1-11-5-7-15(8-6-11)17(18)16-9-12(2)14(4)13(3)10-16/h5-10H,1-4H3. The van der Waals surface area contributed by atoms with E-state index in [4.69, 9.17) is 0 Å². The van der Waals surface area contributed by atoms with Gasteiger partial charge in [-0.1, -0.05) is 29.8 Å². The molecule has 1 heteroatoms. The summed E-state index contributed by atoms with van der Waals surface area (Å²) >= 11 is 0. The van der Waals surface area contributed by atoms with Crippen molar-refractivity contribution in [1.82, 2.24) is 0 Å². The first-order valence-corrected chi connectivity index (χ1v) is 6.18. The molecule has 0 aliphatic heterocycles. The molecule has 0 aliphatic carbocycles.